The first-order chi connectivity index (χ1) is 4.10. The lowest BCUT2D eigenvalue weighted by Gasteiger charge is -2.31. The molecule has 1 rings (SSSR count). The SMILES string of the molecule is C[C@@H]1COC[Si](C)(C)C1. The molecule has 1 aliphatic heterocycles. The molecule has 0 aromatic carbocycles. The average molecular weight is 144 g/mol. The van der Waals surface area contributed by atoms with Crippen LogP contribution in [0.4, 0.5) is 0 Å². The minimum absolute atomic E-state index is 0.820. The molecule has 2 heteroatoms. The highest BCUT2D eigenvalue weighted by molar-refractivity contribution is 6.77. The van der Waals surface area contributed by atoms with Crippen LogP contribution in [0.15, 0.2) is 0 Å². The standard InChI is InChI=1S/C7H16OSi/c1-7-4-8-6-9(2,3)5-7/h7H,4-6H2,1-3H3/t7-/m1/s1. The highest BCUT2D eigenvalue weighted by Crippen LogP contribution is 2.22. The summed E-state index contributed by atoms with van der Waals surface area (Å²) in [4.78, 5) is 0. The zero-order chi connectivity index (χ0) is 6.91. The van der Waals surface area contributed by atoms with Gasteiger partial charge in [-0.25, -0.2) is 0 Å². The maximum atomic E-state index is 5.46. The third-order valence-electron chi connectivity index (χ3n) is 1.80. The van der Waals surface area contributed by atoms with Crippen LogP contribution in [0, 0.1) is 5.92 Å². The summed E-state index contributed by atoms with van der Waals surface area (Å²) in [6, 6.07) is 1.45. The van der Waals surface area contributed by atoms with Gasteiger partial charge in [-0.05, 0) is 5.92 Å². The highest BCUT2D eigenvalue weighted by atomic mass is 28.3. The van der Waals surface area contributed by atoms with E-state index in [0.717, 1.165) is 18.8 Å². The average Bonchev–Trinajstić information content (AvgIpc) is 1.60. The van der Waals surface area contributed by atoms with Crippen LogP contribution >= 0.6 is 0 Å². The molecule has 0 aromatic heterocycles. The van der Waals surface area contributed by atoms with E-state index in [2.05, 4.69) is 20.0 Å². The van der Waals surface area contributed by atoms with Gasteiger partial charge in [-0.1, -0.05) is 26.1 Å². The van der Waals surface area contributed by atoms with E-state index in [0.29, 0.717) is 0 Å². The quantitative estimate of drug-likeness (QED) is 0.472. The van der Waals surface area contributed by atoms with Gasteiger partial charge in [0.1, 0.15) is 0 Å². The van der Waals surface area contributed by atoms with Crippen molar-refractivity contribution in [2.24, 2.45) is 5.92 Å². The Morgan fingerprint density at radius 3 is 2.44 bits per heavy atom. The Hall–Kier alpha value is 0.177. The number of hydrogen-bond acceptors (Lipinski definition) is 1. The van der Waals surface area contributed by atoms with E-state index in [4.69, 9.17) is 4.74 Å². The minimum Gasteiger partial charge on any atom is -0.384 e. The first kappa shape index (κ1) is 7.29. The molecule has 0 spiro atoms. The summed E-state index contributed by atoms with van der Waals surface area (Å²) in [6.07, 6.45) is 1.08. The molecule has 0 bridgehead atoms. The van der Waals surface area contributed by atoms with Crippen molar-refractivity contribution in [3.05, 3.63) is 0 Å². The largest absolute Gasteiger partial charge is 0.384 e. The molecule has 0 N–H and O–H groups in total. The van der Waals surface area contributed by atoms with Crippen LogP contribution in [0.25, 0.3) is 0 Å². The van der Waals surface area contributed by atoms with E-state index in [1.54, 1.807) is 0 Å². The molecule has 0 amide bonds. The van der Waals surface area contributed by atoms with E-state index >= 15 is 0 Å². The van der Waals surface area contributed by atoms with Gasteiger partial charge in [-0.2, -0.15) is 0 Å². The third-order valence-corrected chi connectivity index (χ3v) is 4.58. The zero-order valence-electron chi connectivity index (χ0n) is 6.61. The molecule has 0 radical (unpaired) electrons. The molecule has 1 heterocycles. The zero-order valence-corrected chi connectivity index (χ0v) is 7.61. The molecular weight excluding hydrogens is 128 g/mol. The number of rotatable bonds is 0. The molecule has 54 valence electrons. The maximum absolute atomic E-state index is 5.46. The van der Waals surface area contributed by atoms with Crippen LogP contribution in [0.2, 0.25) is 19.1 Å². The lowest BCUT2D eigenvalue weighted by Crippen LogP contribution is -2.40. The van der Waals surface area contributed by atoms with Crippen molar-refractivity contribution in [2.75, 3.05) is 12.8 Å². The second kappa shape index (κ2) is 2.43. The van der Waals surface area contributed by atoms with Crippen molar-refractivity contribution in [2.45, 2.75) is 26.1 Å². The predicted molar refractivity (Wildman–Crippen MR) is 42.3 cm³/mol. The fourth-order valence-corrected chi connectivity index (χ4v) is 4.39. The second-order valence-corrected chi connectivity index (χ2v) is 9.01. The van der Waals surface area contributed by atoms with Gasteiger partial charge in [0.2, 0.25) is 0 Å². The van der Waals surface area contributed by atoms with Gasteiger partial charge in [-0.3, -0.25) is 0 Å². The molecule has 0 saturated carbocycles. The van der Waals surface area contributed by atoms with Crippen molar-refractivity contribution in [1.82, 2.24) is 0 Å². The molecule has 0 unspecified atom stereocenters. The molecule has 1 nitrogen and oxygen atoms in total. The first-order valence-corrected chi connectivity index (χ1v) is 7.09. The van der Waals surface area contributed by atoms with Crippen LogP contribution in [0.3, 0.4) is 0 Å². The van der Waals surface area contributed by atoms with Gasteiger partial charge < -0.3 is 4.74 Å². The van der Waals surface area contributed by atoms with Crippen molar-refractivity contribution in [1.29, 1.82) is 0 Å². The van der Waals surface area contributed by atoms with Crippen LogP contribution < -0.4 is 0 Å². The van der Waals surface area contributed by atoms with Gasteiger partial charge in [0, 0.05) is 12.8 Å². The minimum atomic E-state index is -0.876. The van der Waals surface area contributed by atoms with Gasteiger partial charge in [0.15, 0.2) is 0 Å². The van der Waals surface area contributed by atoms with E-state index in [-0.39, 0.29) is 0 Å². The van der Waals surface area contributed by atoms with Crippen molar-refractivity contribution < 1.29 is 4.74 Å². The fourth-order valence-electron chi connectivity index (χ4n) is 1.60. The predicted octanol–water partition coefficient (Wildman–Crippen LogP) is 1.90. The molecule has 0 aliphatic carbocycles. The Kier molecular flexibility index (Phi) is 1.96. The van der Waals surface area contributed by atoms with Crippen LogP contribution in [-0.4, -0.2) is 20.9 Å². The van der Waals surface area contributed by atoms with Crippen molar-refractivity contribution in [3.63, 3.8) is 0 Å². The van der Waals surface area contributed by atoms with E-state index in [1.807, 2.05) is 0 Å². The monoisotopic (exact) mass is 144 g/mol. The summed E-state index contributed by atoms with van der Waals surface area (Å²) in [5.74, 6) is 0.820. The van der Waals surface area contributed by atoms with Gasteiger partial charge in [-0.15, -0.1) is 0 Å². The summed E-state index contributed by atoms with van der Waals surface area (Å²) in [5.41, 5.74) is 0. The number of ether oxygens (including phenoxy) is 1. The Labute approximate surface area is 58.4 Å². The lowest BCUT2D eigenvalue weighted by molar-refractivity contribution is 0.127. The molecule has 1 fully saturated rings. The summed E-state index contributed by atoms with van der Waals surface area (Å²) >= 11 is 0. The van der Waals surface area contributed by atoms with E-state index < -0.39 is 8.07 Å². The van der Waals surface area contributed by atoms with E-state index in [9.17, 15) is 0 Å². The number of hydrogen-bond donors (Lipinski definition) is 0. The summed E-state index contributed by atoms with van der Waals surface area (Å²) in [5, 5.41) is 0. The highest BCUT2D eigenvalue weighted by Gasteiger charge is 2.27. The molecular formula is C7H16OSi. The summed E-state index contributed by atoms with van der Waals surface area (Å²) in [7, 11) is -0.876. The maximum Gasteiger partial charge on any atom is 0.0779 e. The Morgan fingerprint density at radius 1 is 1.44 bits per heavy atom. The van der Waals surface area contributed by atoms with E-state index in [1.165, 1.54) is 6.04 Å². The second-order valence-electron chi connectivity index (χ2n) is 3.99. The molecule has 1 atom stereocenters. The van der Waals surface area contributed by atoms with Gasteiger partial charge in [0.25, 0.3) is 0 Å². The summed E-state index contributed by atoms with van der Waals surface area (Å²) < 4.78 is 5.46. The smallest absolute Gasteiger partial charge is 0.0779 e. The van der Waals surface area contributed by atoms with Crippen molar-refractivity contribution >= 4 is 8.07 Å². The first-order valence-electron chi connectivity index (χ1n) is 3.68. The van der Waals surface area contributed by atoms with Crippen LogP contribution in [0.5, 0.6) is 0 Å². The molecule has 0 aromatic rings. The molecule has 1 saturated heterocycles. The Bertz CT molecular complexity index is 101. The van der Waals surface area contributed by atoms with Gasteiger partial charge in [0.05, 0.1) is 8.07 Å². The van der Waals surface area contributed by atoms with Crippen molar-refractivity contribution in [3.8, 4) is 0 Å². The summed E-state index contributed by atoms with van der Waals surface area (Å²) in [6.45, 7) is 8.09. The third kappa shape index (κ3) is 2.10. The molecule has 1 aliphatic rings. The fraction of sp³-hybridized carbons (Fsp3) is 1.00. The topological polar surface area (TPSA) is 9.23 Å². The Morgan fingerprint density at radius 2 is 2.11 bits per heavy atom. The van der Waals surface area contributed by atoms with Gasteiger partial charge >= 0.3 is 0 Å². The normalized spacial score (nSPS) is 34.3. The Balaban J connectivity index is 2.41. The van der Waals surface area contributed by atoms with Crippen LogP contribution in [-0.2, 0) is 4.74 Å². The molecule has 9 heavy (non-hydrogen) atoms. The lowest BCUT2D eigenvalue weighted by atomic mass is 10.2. The van der Waals surface area contributed by atoms with Crippen LogP contribution in [0.1, 0.15) is 6.92 Å².